The molecule has 3 rings (SSSR count). The van der Waals surface area contributed by atoms with Crippen LogP contribution in [-0.2, 0) is 13.6 Å². The molecule has 0 fully saturated rings. The molecule has 0 aromatic carbocycles. The van der Waals surface area contributed by atoms with Crippen LogP contribution in [0, 0.1) is 13.8 Å². The van der Waals surface area contributed by atoms with Gasteiger partial charge in [-0.1, -0.05) is 0 Å². The first-order valence-corrected chi connectivity index (χ1v) is 6.95. The van der Waals surface area contributed by atoms with Crippen molar-refractivity contribution < 1.29 is 0 Å². The van der Waals surface area contributed by atoms with Crippen molar-refractivity contribution in [1.82, 2.24) is 14.1 Å². The number of hydrogen-bond acceptors (Lipinski definition) is 3. The van der Waals surface area contributed by atoms with Crippen LogP contribution in [0.3, 0.4) is 0 Å². The number of aryl methyl sites for hydroxylation is 3. The highest BCUT2D eigenvalue weighted by molar-refractivity contribution is 7.11. The minimum Gasteiger partial charge on any atom is -0.346 e. The van der Waals surface area contributed by atoms with Crippen molar-refractivity contribution in [2.24, 2.45) is 7.05 Å². The fourth-order valence-electron chi connectivity index (χ4n) is 2.21. The quantitative estimate of drug-likeness (QED) is 0.719. The van der Waals surface area contributed by atoms with Crippen molar-refractivity contribution in [3.8, 4) is 0 Å². The summed E-state index contributed by atoms with van der Waals surface area (Å²) in [5.74, 6) is 0. The van der Waals surface area contributed by atoms with Crippen LogP contribution in [0.1, 0.15) is 15.6 Å². The predicted octanol–water partition coefficient (Wildman–Crippen LogP) is 2.46. The summed E-state index contributed by atoms with van der Waals surface area (Å²) in [6.45, 7) is 4.59. The van der Waals surface area contributed by atoms with Crippen LogP contribution in [0.2, 0.25) is 0 Å². The van der Waals surface area contributed by atoms with Crippen LogP contribution < -0.4 is 5.56 Å². The zero-order valence-corrected chi connectivity index (χ0v) is 12.0. The maximum Gasteiger partial charge on any atom is 0.275 e. The first kappa shape index (κ1) is 12.2. The summed E-state index contributed by atoms with van der Waals surface area (Å²) < 4.78 is 3.59. The van der Waals surface area contributed by atoms with Crippen molar-refractivity contribution in [3.05, 3.63) is 50.5 Å². The summed E-state index contributed by atoms with van der Waals surface area (Å²) in [4.78, 5) is 18.1. The van der Waals surface area contributed by atoms with Crippen LogP contribution in [0.25, 0.3) is 10.9 Å². The SMILES string of the molecule is Cc1nc(Cn2ccc3ccn(C)c3c2=O)sc1C. The summed E-state index contributed by atoms with van der Waals surface area (Å²) in [7, 11) is 1.89. The van der Waals surface area contributed by atoms with Gasteiger partial charge in [-0.05, 0) is 26.0 Å². The van der Waals surface area contributed by atoms with Gasteiger partial charge >= 0.3 is 0 Å². The molecule has 3 aromatic rings. The largest absolute Gasteiger partial charge is 0.346 e. The van der Waals surface area contributed by atoms with Crippen LogP contribution in [-0.4, -0.2) is 14.1 Å². The molecule has 0 aliphatic heterocycles. The van der Waals surface area contributed by atoms with Crippen LogP contribution in [0.15, 0.2) is 29.3 Å². The molecule has 0 aliphatic carbocycles. The Bertz CT molecular complexity index is 790. The monoisotopic (exact) mass is 273 g/mol. The van der Waals surface area contributed by atoms with E-state index in [2.05, 4.69) is 11.9 Å². The highest BCUT2D eigenvalue weighted by Gasteiger charge is 2.09. The van der Waals surface area contributed by atoms with E-state index < -0.39 is 0 Å². The second-order valence-corrected chi connectivity index (χ2v) is 6.02. The third kappa shape index (κ3) is 2.00. The van der Waals surface area contributed by atoms with Gasteiger partial charge in [0, 0.05) is 29.7 Å². The number of rotatable bonds is 2. The van der Waals surface area contributed by atoms with E-state index in [4.69, 9.17) is 0 Å². The van der Waals surface area contributed by atoms with Gasteiger partial charge in [-0.3, -0.25) is 4.79 Å². The molecule has 4 nitrogen and oxygen atoms in total. The second kappa shape index (κ2) is 4.35. The minimum absolute atomic E-state index is 0.0375. The number of nitrogens with zero attached hydrogens (tertiary/aromatic N) is 3. The number of aromatic nitrogens is 3. The Hall–Kier alpha value is -1.88. The van der Waals surface area contributed by atoms with Gasteiger partial charge in [-0.2, -0.15) is 0 Å². The molecule has 0 atom stereocenters. The van der Waals surface area contributed by atoms with Crippen molar-refractivity contribution in [3.63, 3.8) is 0 Å². The van der Waals surface area contributed by atoms with E-state index in [1.165, 1.54) is 4.88 Å². The van der Waals surface area contributed by atoms with Gasteiger partial charge in [0.25, 0.3) is 5.56 Å². The van der Waals surface area contributed by atoms with Crippen molar-refractivity contribution in [2.75, 3.05) is 0 Å². The Balaban J connectivity index is 2.08. The molecule has 98 valence electrons. The topological polar surface area (TPSA) is 39.8 Å². The zero-order chi connectivity index (χ0) is 13.6. The number of hydrogen-bond donors (Lipinski definition) is 0. The lowest BCUT2D eigenvalue weighted by atomic mass is 10.3. The van der Waals surface area contributed by atoms with Gasteiger partial charge < -0.3 is 9.13 Å². The van der Waals surface area contributed by atoms with Gasteiger partial charge in [-0.15, -0.1) is 11.3 Å². The molecule has 5 heteroatoms. The lowest BCUT2D eigenvalue weighted by molar-refractivity contribution is 0.753. The Morgan fingerprint density at radius 2 is 2.00 bits per heavy atom. The van der Waals surface area contributed by atoms with Gasteiger partial charge in [0.05, 0.1) is 12.2 Å². The average Bonchev–Trinajstić information content (AvgIpc) is 2.88. The van der Waals surface area contributed by atoms with E-state index in [9.17, 15) is 4.79 Å². The zero-order valence-electron chi connectivity index (χ0n) is 11.2. The summed E-state index contributed by atoms with van der Waals surface area (Å²) in [6, 6.07) is 3.93. The lowest BCUT2D eigenvalue weighted by Crippen LogP contribution is -2.21. The van der Waals surface area contributed by atoms with E-state index in [1.54, 1.807) is 15.9 Å². The highest BCUT2D eigenvalue weighted by atomic mass is 32.1. The first-order chi connectivity index (χ1) is 9.06. The fourth-order valence-corrected chi connectivity index (χ4v) is 3.14. The van der Waals surface area contributed by atoms with E-state index in [-0.39, 0.29) is 5.56 Å². The number of thiazole rings is 1. The van der Waals surface area contributed by atoms with Gasteiger partial charge in [0.2, 0.25) is 0 Å². The normalized spacial score (nSPS) is 11.3. The van der Waals surface area contributed by atoms with E-state index in [1.807, 2.05) is 43.1 Å². The molecule has 19 heavy (non-hydrogen) atoms. The van der Waals surface area contributed by atoms with E-state index in [0.29, 0.717) is 6.54 Å². The second-order valence-electron chi connectivity index (χ2n) is 4.73. The summed E-state index contributed by atoms with van der Waals surface area (Å²) in [6.07, 6.45) is 3.75. The fraction of sp³-hybridized carbons (Fsp3) is 0.286. The molecular formula is C14H15N3OS. The standard InChI is InChI=1S/C14H15N3OS/c1-9-10(2)19-12(15-9)8-17-7-5-11-4-6-16(3)13(11)14(17)18/h4-7H,8H2,1-3H3. The number of pyridine rings is 1. The summed E-state index contributed by atoms with van der Waals surface area (Å²) >= 11 is 1.65. The maximum absolute atomic E-state index is 12.4. The molecule has 3 aromatic heterocycles. The first-order valence-electron chi connectivity index (χ1n) is 6.13. The predicted molar refractivity (Wildman–Crippen MR) is 77.9 cm³/mol. The summed E-state index contributed by atoms with van der Waals surface area (Å²) in [5.41, 5.74) is 1.83. The third-order valence-corrected chi connectivity index (χ3v) is 4.44. The highest BCUT2D eigenvalue weighted by Crippen LogP contribution is 2.17. The molecule has 0 saturated carbocycles. The molecule has 0 amide bonds. The smallest absolute Gasteiger partial charge is 0.275 e. The molecule has 3 heterocycles. The Morgan fingerprint density at radius 1 is 1.26 bits per heavy atom. The average molecular weight is 273 g/mol. The minimum atomic E-state index is 0.0375. The van der Waals surface area contributed by atoms with E-state index in [0.717, 1.165) is 21.6 Å². The maximum atomic E-state index is 12.4. The van der Waals surface area contributed by atoms with Gasteiger partial charge in [0.15, 0.2) is 0 Å². The van der Waals surface area contributed by atoms with Crippen LogP contribution in [0.4, 0.5) is 0 Å². The molecule has 0 saturated heterocycles. The molecule has 0 aliphatic rings. The molecule has 0 bridgehead atoms. The molecule has 0 unspecified atom stereocenters. The molecule has 0 N–H and O–H groups in total. The van der Waals surface area contributed by atoms with Crippen LogP contribution in [0.5, 0.6) is 0 Å². The molecule has 0 radical (unpaired) electrons. The number of fused-ring (bicyclic) bond motifs is 1. The molecule has 0 spiro atoms. The summed E-state index contributed by atoms with van der Waals surface area (Å²) in [5, 5.41) is 1.96. The lowest BCUT2D eigenvalue weighted by Gasteiger charge is -2.04. The third-order valence-electron chi connectivity index (χ3n) is 3.38. The van der Waals surface area contributed by atoms with Gasteiger partial charge in [-0.25, -0.2) is 4.98 Å². The van der Waals surface area contributed by atoms with Crippen molar-refractivity contribution >= 4 is 22.2 Å². The Labute approximate surface area is 115 Å². The van der Waals surface area contributed by atoms with Gasteiger partial charge in [0.1, 0.15) is 10.5 Å². The Kier molecular flexibility index (Phi) is 2.78. The Morgan fingerprint density at radius 3 is 2.68 bits per heavy atom. The van der Waals surface area contributed by atoms with E-state index >= 15 is 0 Å². The van der Waals surface area contributed by atoms with Crippen molar-refractivity contribution in [1.29, 1.82) is 0 Å². The molecular weight excluding hydrogens is 258 g/mol. The van der Waals surface area contributed by atoms with Crippen LogP contribution >= 0.6 is 11.3 Å². The van der Waals surface area contributed by atoms with Crippen molar-refractivity contribution in [2.45, 2.75) is 20.4 Å².